The summed E-state index contributed by atoms with van der Waals surface area (Å²) in [4.78, 5) is 4.71. The first-order chi connectivity index (χ1) is 12.5. The maximum atomic E-state index is 11.9. The molecule has 1 aliphatic carbocycles. The lowest BCUT2D eigenvalue weighted by Gasteiger charge is -2.22. The maximum absolute atomic E-state index is 11.9. The molecule has 26 heavy (non-hydrogen) atoms. The summed E-state index contributed by atoms with van der Waals surface area (Å²) in [5, 5.41) is 6.89. The number of hydrogen-bond donors (Lipinski definition) is 2. The first-order valence-electron chi connectivity index (χ1n) is 9.56. The van der Waals surface area contributed by atoms with E-state index in [1.54, 1.807) is 10.6 Å². The molecule has 2 heterocycles. The Hall–Kier alpha value is -1.54. The first-order valence-corrected chi connectivity index (χ1v) is 11.4. The Morgan fingerprint density at radius 2 is 2.12 bits per heavy atom. The smallest absolute Gasteiger partial charge is 0.211 e. The van der Waals surface area contributed by atoms with Crippen LogP contribution >= 0.6 is 0 Å². The van der Waals surface area contributed by atoms with Crippen LogP contribution in [0.2, 0.25) is 0 Å². The summed E-state index contributed by atoms with van der Waals surface area (Å²) in [6.07, 6.45) is 10.4. The van der Waals surface area contributed by atoms with Crippen LogP contribution in [0.25, 0.3) is 0 Å². The zero-order valence-electron chi connectivity index (χ0n) is 15.5. The van der Waals surface area contributed by atoms with Gasteiger partial charge in [-0.1, -0.05) is 12.8 Å². The highest BCUT2D eigenvalue weighted by Crippen LogP contribution is 2.21. The molecule has 8 heteroatoms. The molecule has 3 rings (SSSR count). The van der Waals surface area contributed by atoms with Crippen molar-refractivity contribution in [1.82, 2.24) is 14.9 Å². The van der Waals surface area contributed by atoms with Gasteiger partial charge in [-0.2, -0.15) is 4.31 Å². The third-order valence-corrected chi connectivity index (χ3v) is 6.48. The molecule has 0 amide bonds. The molecule has 146 valence electrons. The minimum atomic E-state index is -3.16. The van der Waals surface area contributed by atoms with Gasteiger partial charge in [-0.05, 0) is 37.8 Å². The highest BCUT2D eigenvalue weighted by Gasteiger charge is 2.31. The fraction of sp³-hybridized carbons (Fsp3) is 0.722. The second-order valence-electron chi connectivity index (χ2n) is 7.24. The normalized spacial score (nSPS) is 22.8. The minimum Gasteiger partial charge on any atom is -0.469 e. The highest BCUT2D eigenvalue weighted by atomic mass is 32.2. The Labute approximate surface area is 156 Å². The molecule has 1 saturated heterocycles. The zero-order chi connectivity index (χ0) is 18.4. The van der Waals surface area contributed by atoms with Crippen molar-refractivity contribution in [3.8, 4) is 0 Å². The SMILES string of the molecule is CS(=O)(=O)N1CCC[C@@H]1CN=C(NCCc1ccco1)NC1CCCC1. The molecule has 7 nitrogen and oxygen atoms in total. The summed E-state index contributed by atoms with van der Waals surface area (Å²) in [5.74, 6) is 1.72. The summed E-state index contributed by atoms with van der Waals surface area (Å²) in [6.45, 7) is 1.83. The zero-order valence-corrected chi connectivity index (χ0v) is 16.3. The van der Waals surface area contributed by atoms with Crippen LogP contribution in [0.1, 0.15) is 44.3 Å². The predicted molar refractivity (Wildman–Crippen MR) is 103 cm³/mol. The number of furan rings is 1. The van der Waals surface area contributed by atoms with Crippen LogP contribution in [-0.4, -0.2) is 56.7 Å². The predicted octanol–water partition coefficient (Wildman–Crippen LogP) is 1.72. The van der Waals surface area contributed by atoms with E-state index >= 15 is 0 Å². The lowest BCUT2D eigenvalue weighted by atomic mass is 10.2. The van der Waals surface area contributed by atoms with Crippen LogP contribution < -0.4 is 10.6 Å². The quantitative estimate of drug-likeness (QED) is 0.554. The summed E-state index contributed by atoms with van der Waals surface area (Å²) in [5.41, 5.74) is 0. The van der Waals surface area contributed by atoms with Crippen molar-refractivity contribution >= 4 is 16.0 Å². The van der Waals surface area contributed by atoms with E-state index in [4.69, 9.17) is 9.41 Å². The van der Waals surface area contributed by atoms with Crippen molar-refractivity contribution in [2.75, 3.05) is 25.9 Å². The van der Waals surface area contributed by atoms with E-state index < -0.39 is 10.0 Å². The van der Waals surface area contributed by atoms with E-state index in [9.17, 15) is 8.42 Å². The molecule has 1 atom stereocenters. The second-order valence-corrected chi connectivity index (χ2v) is 9.18. The van der Waals surface area contributed by atoms with Gasteiger partial charge < -0.3 is 15.1 Å². The minimum absolute atomic E-state index is 0.0303. The Morgan fingerprint density at radius 3 is 2.81 bits per heavy atom. The van der Waals surface area contributed by atoms with Crippen LogP contribution in [-0.2, 0) is 16.4 Å². The van der Waals surface area contributed by atoms with Crippen LogP contribution in [0.4, 0.5) is 0 Å². The van der Waals surface area contributed by atoms with Crippen molar-refractivity contribution in [1.29, 1.82) is 0 Å². The van der Waals surface area contributed by atoms with Crippen molar-refractivity contribution < 1.29 is 12.8 Å². The van der Waals surface area contributed by atoms with E-state index in [1.165, 1.54) is 19.1 Å². The molecule has 1 aliphatic heterocycles. The van der Waals surface area contributed by atoms with Gasteiger partial charge in [-0.3, -0.25) is 4.99 Å². The number of hydrogen-bond acceptors (Lipinski definition) is 4. The number of guanidine groups is 1. The number of nitrogens with zero attached hydrogens (tertiary/aromatic N) is 2. The number of nitrogens with one attached hydrogen (secondary N) is 2. The van der Waals surface area contributed by atoms with Crippen molar-refractivity contribution in [3.05, 3.63) is 24.2 Å². The fourth-order valence-electron chi connectivity index (χ4n) is 3.80. The molecule has 0 spiro atoms. The molecule has 0 unspecified atom stereocenters. The van der Waals surface area contributed by atoms with Gasteiger partial charge in [0.05, 0.1) is 19.1 Å². The molecule has 2 aliphatic rings. The van der Waals surface area contributed by atoms with Gasteiger partial charge >= 0.3 is 0 Å². The Bertz CT molecular complexity index is 681. The van der Waals surface area contributed by atoms with Gasteiger partial charge in [0, 0.05) is 31.6 Å². The third-order valence-electron chi connectivity index (χ3n) is 5.15. The Morgan fingerprint density at radius 1 is 1.31 bits per heavy atom. The van der Waals surface area contributed by atoms with E-state index in [2.05, 4.69) is 10.6 Å². The van der Waals surface area contributed by atoms with Crippen LogP contribution in [0.5, 0.6) is 0 Å². The van der Waals surface area contributed by atoms with E-state index in [-0.39, 0.29) is 6.04 Å². The number of aliphatic imine (C=N–C) groups is 1. The highest BCUT2D eigenvalue weighted by molar-refractivity contribution is 7.88. The van der Waals surface area contributed by atoms with Gasteiger partial charge in [0.2, 0.25) is 10.0 Å². The Kier molecular flexibility index (Phi) is 6.58. The molecule has 2 N–H and O–H groups in total. The summed E-state index contributed by atoms with van der Waals surface area (Å²) in [7, 11) is -3.16. The monoisotopic (exact) mass is 382 g/mol. The molecule has 0 bridgehead atoms. The van der Waals surface area contributed by atoms with Crippen LogP contribution in [0.15, 0.2) is 27.8 Å². The molecule has 2 fully saturated rings. The fourth-order valence-corrected chi connectivity index (χ4v) is 4.97. The maximum Gasteiger partial charge on any atom is 0.211 e. The van der Waals surface area contributed by atoms with Crippen molar-refractivity contribution in [2.24, 2.45) is 4.99 Å². The molecule has 1 aromatic heterocycles. The largest absolute Gasteiger partial charge is 0.469 e. The van der Waals surface area contributed by atoms with Crippen molar-refractivity contribution in [3.63, 3.8) is 0 Å². The van der Waals surface area contributed by atoms with E-state index in [1.807, 2.05) is 12.1 Å². The lowest BCUT2D eigenvalue weighted by Crippen LogP contribution is -2.44. The van der Waals surface area contributed by atoms with E-state index in [0.29, 0.717) is 19.1 Å². The van der Waals surface area contributed by atoms with Gasteiger partial charge in [0.15, 0.2) is 5.96 Å². The molecule has 0 radical (unpaired) electrons. The van der Waals surface area contributed by atoms with Gasteiger partial charge in [-0.15, -0.1) is 0 Å². The first kappa shape index (κ1) is 19.2. The molecule has 0 aromatic carbocycles. The summed E-state index contributed by atoms with van der Waals surface area (Å²) < 4.78 is 30.8. The average molecular weight is 383 g/mol. The molecular formula is C18H30N4O3S. The van der Waals surface area contributed by atoms with Gasteiger partial charge in [0.25, 0.3) is 0 Å². The average Bonchev–Trinajstić information content (AvgIpc) is 3.33. The standard InChI is InChI=1S/C18H30N4O3S/c1-26(23,24)22-12-4-8-16(22)14-20-18(21-15-6-2-3-7-15)19-11-10-17-9-5-13-25-17/h5,9,13,15-16H,2-4,6-8,10-12,14H2,1H3,(H2,19,20,21)/t16-/m1/s1. The molecule has 1 aromatic rings. The molecular weight excluding hydrogens is 352 g/mol. The van der Waals surface area contributed by atoms with E-state index in [0.717, 1.165) is 50.4 Å². The summed E-state index contributed by atoms with van der Waals surface area (Å²) in [6, 6.07) is 4.28. The number of rotatable bonds is 7. The van der Waals surface area contributed by atoms with Crippen molar-refractivity contribution in [2.45, 2.75) is 57.0 Å². The topological polar surface area (TPSA) is 86.9 Å². The third kappa shape index (κ3) is 5.48. The lowest BCUT2D eigenvalue weighted by molar-refractivity contribution is 0.396. The van der Waals surface area contributed by atoms with Gasteiger partial charge in [0.1, 0.15) is 5.76 Å². The Balaban J connectivity index is 1.58. The van der Waals surface area contributed by atoms with Crippen LogP contribution in [0.3, 0.4) is 0 Å². The number of sulfonamides is 1. The summed E-state index contributed by atoms with van der Waals surface area (Å²) >= 11 is 0. The molecule has 1 saturated carbocycles. The van der Waals surface area contributed by atoms with Crippen LogP contribution in [0, 0.1) is 0 Å². The van der Waals surface area contributed by atoms with Gasteiger partial charge in [-0.25, -0.2) is 8.42 Å². The second kappa shape index (κ2) is 8.90.